The zero-order valence-electron chi connectivity index (χ0n) is 15.9. The molecule has 0 aliphatic carbocycles. The Morgan fingerprint density at radius 3 is 2.46 bits per heavy atom. The molecule has 6 heteroatoms. The van der Waals surface area contributed by atoms with Crippen molar-refractivity contribution in [3.63, 3.8) is 0 Å². The summed E-state index contributed by atoms with van der Waals surface area (Å²) in [5.74, 6) is -0.593. The van der Waals surface area contributed by atoms with E-state index in [0.717, 1.165) is 22.3 Å². The fraction of sp³-hybridized carbons (Fsp3) is 0.182. The number of benzene rings is 2. The lowest BCUT2D eigenvalue weighted by atomic mass is 9.95. The van der Waals surface area contributed by atoms with Gasteiger partial charge in [0.15, 0.2) is 0 Å². The van der Waals surface area contributed by atoms with Gasteiger partial charge >= 0.3 is 0 Å². The van der Waals surface area contributed by atoms with Gasteiger partial charge in [0.2, 0.25) is 0 Å². The molecule has 1 aromatic heterocycles. The minimum Gasteiger partial charge on any atom is -0.398 e. The Morgan fingerprint density at radius 1 is 1.07 bits per heavy atom. The number of nitrogen functional groups attached to an aromatic ring is 1. The Labute approximate surface area is 163 Å². The molecule has 1 amide bonds. The van der Waals surface area contributed by atoms with Crippen LogP contribution in [0, 0.1) is 12.7 Å². The lowest BCUT2D eigenvalue weighted by Gasteiger charge is -2.15. The predicted molar refractivity (Wildman–Crippen MR) is 110 cm³/mol. The van der Waals surface area contributed by atoms with Crippen molar-refractivity contribution in [1.29, 1.82) is 0 Å². The van der Waals surface area contributed by atoms with Crippen LogP contribution in [0.4, 0.5) is 10.1 Å². The summed E-state index contributed by atoms with van der Waals surface area (Å²) in [6.45, 7) is 3.07. The van der Waals surface area contributed by atoms with Crippen LogP contribution in [-0.2, 0) is 0 Å². The summed E-state index contributed by atoms with van der Waals surface area (Å²) in [6.07, 6.45) is 0. The van der Waals surface area contributed by atoms with Crippen molar-refractivity contribution in [1.82, 2.24) is 15.6 Å². The number of para-hydroxylation sites is 1. The highest BCUT2D eigenvalue weighted by atomic mass is 19.1. The predicted octanol–water partition coefficient (Wildman–Crippen LogP) is 3.39. The number of halogens is 1. The van der Waals surface area contributed by atoms with Crippen molar-refractivity contribution >= 4 is 11.6 Å². The molecular weight excluding hydrogens is 355 g/mol. The molecule has 0 aliphatic rings. The van der Waals surface area contributed by atoms with Crippen LogP contribution in [0.3, 0.4) is 0 Å². The smallest absolute Gasteiger partial charge is 0.269 e. The Bertz CT molecular complexity index is 986. The number of likely N-dealkylation sites (N-methyl/N-ethyl adjacent to an activating group) is 1. The molecular formula is C22H23FN4O. The van der Waals surface area contributed by atoms with Crippen LogP contribution < -0.4 is 16.4 Å². The summed E-state index contributed by atoms with van der Waals surface area (Å²) >= 11 is 0. The summed E-state index contributed by atoms with van der Waals surface area (Å²) in [7, 11) is 1.82. The number of carbonyl (C=O) groups is 1. The van der Waals surface area contributed by atoms with E-state index < -0.39 is 0 Å². The molecule has 5 nitrogen and oxygen atoms in total. The number of nitrogens with zero attached hydrogens (tertiary/aromatic N) is 1. The van der Waals surface area contributed by atoms with Gasteiger partial charge in [-0.3, -0.25) is 4.79 Å². The van der Waals surface area contributed by atoms with Crippen molar-refractivity contribution < 1.29 is 9.18 Å². The van der Waals surface area contributed by atoms with Crippen molar-refractivity contribution in [2.75, 3.05) is 25.9 Å². The highest BCUT2D eigenvalue weighted by molar-refractivity contribution is 5.96. The molecule has 0 saturated heterocycles. The van der Waals surface area contributed by atoms with E-state index in [1.54, 1.807) is 18.2 Å². The first kappa shape index (κ1) is 19.5. The molecule has 28 heavy (non-hydrogen) atoms. The summed E-state index contributed by atoms with van der Waals surface area (Å²) in [5.41, 5.74) is 11.0. The van der Waals surface area contributed by atoms with Crippen LogP contribution in [0.15, 0.2) is 54.6 Å². The minimum absolute atomic E-state index is 0.269. The first-order chi connectivity index (χ1) is 13.5. The number of hydrogen-bond acceptors (Lipinski definition) is 4. The third-order valence-corrected chi connectivity index (χ3v) is 4.53. The average molecular weight is 378 g/mol. The number of anilines is 1. The third-order valence-electron chi connectivity index (χ3n) is 4.53. The van der Waals surface area contributed by atoms with Gasteiger partial charge in [-0.1, -0.05) is 18.2 Å². The van der Waals surface area contributed by atoms with Gasteiger partial charge < -0.3 is 16.4 Å². The fourth-order valence-corrected chi connectivity index (χ4v) is 3.03. The molecule has 0 aliphatic heterocycles. The summed E-state index contributed by atoms with van der Waals surface area (Å²) < 4.78 is 13.4. The maximum Gasteiger partial charge on any atom is 0.269 e. The van der Waals surface area contributed by atoms with E-state index in [2.05, 4.69) is 15.6 Å². The molecule has 3 aromatic rings. The van der Waals surface area contributed by atoms with E-state index in [-0.39, 0.29) is 11.7 Å². The Hall–Kier alpha value is -3.25. The Balaban J connectivity index is 2.14. The molecule has 0 unspecified atom stereocenters. The Kier molecular flexibility index (Phi) is 6.01. The molecule has 0 saturated carbocycles. The molecule has 0 fully saturated rings. The first-order valence-electron chi connectivity index (χ1n) is 9.06. The van der Waals surface area contributed by atoms with Crippen molar-refractivity contribution in [2.24, 2.45) is 0 Å². The van der Waals surface area contributed by atoms with Crippen LogP contribution in [0.5, 0.6) is 0 Å². The fourth-order valence-electron chi connectivity index (χ4n) is 3.03. The maximum absolute atomic E-state index is 13.4. The molecule has 0 spiro atoms. The zero-order chi connectivity index (χ0) is 20.1. The summed E-state index contributed by atoms with van der Waals surface area (Å²) in [5, 5.41) is 5.83. The number of aromatic nitrogens is 1. The van der Waals surface area contributed by atoms with Crippen molar-refractivity contribution in [3.8, 4) is 22.4 Å². The number of pyridine rings is 1. The molecule has 0 radical (unpaired) electrons. The van der Waals surface area contributed by atoms with Crippen molar-refractivity contribution in [2.45, 2.75) is 6.92 Å². The van der Waals surface area contributed by atoms with Gasteiger partial charge in [0.25, 0.3) is 5.91 Å². The summed E-state index contributed by atoms with van der Waals surface area (Å²) in [4.78, 5) is 17.2. The second-order valence-electron chi connectivity index (χ2n) is 6.48. The monoisotopic (exact) mass is 378 g/mol. The van der Waals surface area contributed by atoms with Gasteiger partial charge in [0.1, 0.15) is 11.5 Å². The van der Waals surface area contributed by atoms with Crippen LogP contribution in [0.1, 0.15) is 16.1 Å². The third kappa shape index (κ3) is 4.18. The van der Waals surface area contributed by atoms with Gasteiger partial charge in [-0.25, -0.2) is 9.37 Å². The van der Waals surface area contributed by atoms with E-state index in [1.807, 2.05) is 38.2 Å². The van der Waals surface area contributed by atoms with Gasteiger partial charge in [-0.2, -0.15) is 0 Å². The molecule has 4 N–H and O–H groups in total. The number of amides is 1. The summed E-state index contributed by atoms with van der Waals surface area (Å²) in [6, 6.07) is 15.3. The van der Waals surface area contributed by atoms with Crippen LogP contribution in [-0.4, -0.2) is 31.0 Å². The van der Waals surface area contributed by atoms with E-state index in [1.165, 1.54) is 12.1 Å². The zero-order valence-corrected chi connectivity index (χ0v) is 15.9. The molecule has 144 valence electrons. The molecule has 2 aromatic carbocycles. The van der Waals surface area contributed by atoms with Gasteiger partial charge in [0.05, 0.1) is 5.69 Å². The molecule has 0 atom stereocenters. The lowest BCUT2D eigenvalue weighted by Crippen LogP contribution is -2.31. The van der Waals surface area contributed by atoms with Gasteiger partial charge in [-0.05, 0) is 61.5 Å². The number of hydrogen-bond donors (Lipinski definition) is 3. The molecule has 0 bridgehead atoms. The lowest BCUT2D eigenvalue weighted by molar-refractivity contribution is 0.0949. The Morgan fingerprint density at radius 2 is 1.79 bits per heavy atom. The maximum atomic E-state index is 13.4. The van der Waals surface area contributed by atoms with E-state index >= 15 is 0 Å². The van der Waals surface area contributed by atoms with Crippen LogP contribution in [0.2, 0.25) is 0 Å². The number of carbonyl (C=O) groups excluding carboxylic acids is 1. The standard InChI is InChI=1S/C22H23FN4O/c1-14-18(17-5-3-4-6-19(17)24)13-20(22(28)26-12-11-25-2)27-21(14)15-7-9-16(23)10-8-15/h3-10,13,25H,11-12,24H2,1-2H3,(H,26,28). The van der Waals surface area contributed by atoms with E-state index in [0.29, 0.717) is 30.2 Å². The van der Waals surface area contributed by atoms with Crippen molar-refractivity contribution in [3.05, 3.63) is 71.7 Å². The van der Waals surface area contributed by atoms with Crippen LogP contribution >= 0.6 is 0 Å². The largest absolute Gasteiger partial charge is 0.398 e. The first-order valence-corrected chi connectivity index (χ1v) is 9.06. The second kappa shape index (κ2) is 8.63. The quantitative estimate of drug-likeness (QED) is 0.454. The number of rotatable bonds is 6. The highest BCUT2D eigenvalue weighted by Gasteiger charge is 2.17. The van der Waals surface area contributed by atoms with E-state index in [9.17, 15) is 9.18 Å². The van der Waals surface area contributed by atoms with E-state index in [4.69, 9.17) is 5.73 Å². The highest BCUT2D eigenvalue weighted by Crippen LogP contribution is 2.34. The van der Waals surface area contributed by atoms with Gasteiger partial charge in [0, 0.05) is 29.9 Å². The topological polar surface area (TPSA) is 80.0 Å². The minimum atomic E-state index is -0.324. The van der Waals surface area contributed by atoms with Gasteiger partial charge in [-0.15, -0.1) is 0 Å². The molecule has 1 heterocycles. The number of nitrogens with two attached hydrogens (primary N) is 1. The second-order valence-corrected chi connectivity index (χ2v) is 6.48. The average Bonchev–Trinajstić information content (AvgIpc) is 2.70. The molecule has 3 rings (SSSR count). The normalized spacial score (nSPS) is 10.7. The number of nitrogens with one attached hydrogen (secondary N) is 2. The SMILES string of the molecule is CNCCNC(=O)c1cc(-c2ccccc2N)c(C)c(-c2ccc(F)cc2)n1. The van der Waals surface area contributed by atoms with Crippen LogP contribution in [0.25, 0.3) is 22.4 Å².